The van der Waals surface area contributed by atoms with Crippen LogP contribution in [-0.4, -0.2) is 28.1 Å². The number of nitrogens with zero attached hydrogens (tertiary/aromatic N) is 3. The predicted octanol–water partition coefficient (Wildman–Crippen LogP) is 3.43. The van der Waals surface area contributed by atoms with Gasteiger partial charge in [-0.15, -0.1) is 0 Å². The van der Waals surface area contributed by atoms with Crippen molar-refractivity contribution in [2.45, 2.75) is 6.82 Å². The molecule has 4 rings (SSSR count). The number of fused-ring (bicyclic) bond motifs is 1. The lowest BCUT2D eigenvalue weighted by molar-refractivity contribution is 0.111. The highest BCUT2D eigenvalue weighted by atomic mass is 16.5. The molecular weight excluding hydrogens is 351 g/mol. The van der Waals surface area contributed by atoms with E-state index < -0.39 is 0 Å². The van der Waals surface area contributed by atoms with Crippen LogP contribution >= 0.6 is 0 Å². The van der Waals surface area contributed by atoms with Crippen molar-refractivity contribution >= 4 is 41.7 Å². The average molecular weight is 370 g/mol. The molecule has 0 amide bonds. The molecule has 0 spiro atoms. The second kappa shape index (κ2) is 7.56. The van der Waals surface area contributed by atoms with E-state index in [0.29, 0.717) is 23.5 Å². The van der Waals surface area contributed by atoms with Crippen molar-refractivity contribution in [3.05, 3.63) is 66.5 Å². The Morgan fingerprint density at radius 3 is 2.61 bits per heavy atom. The molecule has 1 N–H and O–H groups in total. The number of hydrogen-bond donors (Lipinski definition) is 1. The summed E-state index contributed by atoms with van der Waals surface area (Å²) in [6.45, 7) is 2.14. The van der Waals surface area contributed by atoms with E-state index in [1.165, 1.54) is 5.46 Å². The Kier molecular flexibility index (Phi) is 4.80. The number of carbonyl (C=O) groups is 1. The molecule has 28 heavy (non-hydrogen) atoms. The van der Waals surface area contributed by atoms with E-state index in [0.717, 1.165) is 29.9 Å². The molecule has 0 atom stereocenters. The lowest BCUT2D eigenvalue weighted by atomic mass is 9.73. The van der Waals surface area contributed by atoms with Gasteiger partial charge in [0.1, 0.15) is 17.2 Å². The fraction of sp³-hybridized carbons (Fsp3) is 0.0952. The zero-order chi connectivity index (χ0) is 19.5. The highest BCUT2D eigenvalue weighted by Gasteiger charge is 2.10. The Labute approximate surface area is 163 Å². The fourth-order valence-corrected chi connectivity index (χ4v) is 3.00. The van der Waals surface area contributed by atoms with E-state index in [9.17, 15) is 4.79 Å². The SMILES string of the molecule is CBc1ccc(Nc2nc3cc(Oc4ccnc(C=O)c4)ccc3n2C)cc1. The third-order valence-corrected chi connectivity index (χ3v) is 4.58. The fourth-order valence-electron chi connectivity index (χ4n) is 3.00. The number of pyridine rings is 1. The van der Waals surface area contributed by atoms with E-state index in [-0.39, 0.29) is 0 Å². The second-order valence-electron chi connectivity index (χ2n) is 6.46. The Morgan fingerprint density at radius 2 is 1.86 bits per heavy atom. The number of ether oxygens (including phenoxy) is 1. The van der Waals surface area contributed by atoms with Crippen molar-refractivity contribution in [2.24, 2.45) is 7.05 Å². The lowest BCUT2D eigenvalue weighted by Crippen LogP contribution is -2.09. The first-order valence-electron chi connectivity index (χ1n) is 9.08. The number of nitrogens with one attached hydrogen (secondary N) is 1. The van der Waals surface area contributed by atoms with Crippen molar-refractivity contribution in [1.82, 2.24) is 14.5 Å². The van der Waals surface area contributed by atoms with Crippen LogP contribution in [0, 0.1) is 0 Å². The summed E-state index contributed by atoms with van der Waals surface area (Å²) in [6.07, 6.45) is 2.24. The number of benzene rings is 2. The average Bonchev–Trinajstić information content (AvgIpc) is 3.03. The van der Waals surface area contributed by atoms with Gasteiger partial charge in [-0.2, -0.15) is 0 Å². The van der Waals surface area contributed by atoms with Gasteiger partial charge in [-0.3, -0.25) is 9.78 Å². The van der Waals surface area contributed by atoms with Crippen molar-refractivity contribution in [1.29, 1.82) is 0 Å². The summed E-state index contributed by atoms with van der Waals surface area (Å²) in [5.41, 5.74) is 4.43. The maximum absolute atomic E-state index is 10.9. The van der Waals surface area contributed by atoms with Crippen LogP contribution in [0.3, 0.4) is 0 Å². The number of hydrogen-bond acceptors (Lipinski definition) is 5. The number of imidazole rings is 1. The topological polar surface area (TPSA) is 69.0 Å². The van der Waals surface area contributed by atoms with Gasteiger partial charge in [0, 0.05) is 31.1 Å². The quantitative estimate of drug-likeness (QED) is 0.416. The van der Waals surface area contributed by atoms with Crippen LogP contribution in [-0.2, 0) is 7.05 Å². The number of carbonyl (C=O) groups excluding carboxylic acids is 1. The van der Waals surface area contributed by atoms with Gasteiger partial charge in [-0.05, 0) is 30.3 Å². The maximum atomic E-state index is 10.9. The summed E-state index contributed by atoms with van der Waals surface area (Å²) in [6, 6.07) is 17.4. The third-order valence-electron chi connectivity index (χ3n) is 4.58. The summed E-state index contributed by atoms with van der Waals surface area (Å²) >= 11 is 0. The summed E-state index contributed by atoms with van der Waals surface area (Å²) in [4.78, 5) is 19.5. The van der Waals surface area contributed by atoms with Gasteiger partial charge in [0.25, 0.3) is 0 Å². The minimum atomic E-state index is 0.331. The van der Waals surface area contributed by atoms with Crippen molar-refractivity contribution < 1.29 is 9.53 Å². The first kappa shape index (κ1) is 17.8. The first-order chi connectivity index (χ1) is 13.7. The largest absolute Gasteiger partial charge is 0.457 e. The molecule has 7 heteroatoms. The van der Waals surface area contributed by atoms with Crippen LogP contribution in [0.2, 0.25) is 6.82 Å². The first-order valence-corrected chi connectivity index (χ1v) is 9.08. The molecule has 0 aliphatic heterocycles. The van der Waals surface area contributed by atoms with Crippen LogP contribution < -0.4 is 15.5 Å². The van der Waals surface area contributed by atoms with E-state index in [1.807, 2.05) is 29.8 Å². The molecule has 0 fully saturated rings. The summed E-state index contributed by atoms with van der Waals surface area (Å²) in [7, 11) is 2.99. The molecule has 2 aromatic heterocycles. The van der Waals surface area contributed by atoms with Gasteiger partial charge >= 0.3 is 0 Å². The number of aldehydes is 1. The van der Waals surface area contributed by atoms with Crippen LogP contribution in [0.4, 0.5) is 11.6 Å². The number of aryl methyl sites for hydroxylation is 1. The predicted molar refractivity (Wildman–Crippen MR) is 113 cm³/mol. The van der Waals surface area contributed by atoms with Crippen LogP contribution in [0.15, 0.2) is 60.8 Å². The van der Waals surface area contributed by atoms with Gasteiger partial charge in [0.2, 0.25) is 5.95 Å². The highest BCUT2D eigenvalue weighted by Crippen LogP contribution is 2.28. The van der Waals surface area contributed by atoms with E-state index in [4.69, 9.17) is 4.74 Å². The zero-order valence-corrected chi connectivity index (χ0v) is 15.7. The zero-order valence-electron chi connectivity index (χ0n) is 15.7. The molecule has 2 aromatic carbocycles. The standard InChI is InChI=1S/C21H19BN4O2/c1-22-14-3-5-15(6-4-14)24-21-25-19-12-17(7-8-20(19)26(21)2)28-18-9-10-23-16(11-18)13-27/h3-13,22H,1-2H3,(H,24,25). The van der Waals surface area contributed by atoms with Crippen LogP contribution in [0.5, 0.6) is 11.5 Å². The monoisotopic (exact) mass is 370 g/mol. The minimum absolute atomic E-state index is 0.331. The van der Waals surface area contributed by atoms with E-state index >= 15 is 0 Å². The molecule has 0 saturated carbocycles. The molecule has 0 bridgehead atoms. The van der Waals surface area contributed by atoms with Gasteiger partial charge in [0.05, 0.1) is 11.0 Å². The smallest absolute Gasteiger partial charge is 0.208 e. The molecule has 0 aliphatic carbocycles. The molecule has 4 aromatic rings. The molecular formula is C21H19BN4O2. The summed E-state index contributed by atoms with van der Waals surface area (Å²) < 4.78 is 7.86. The van der Waals surface area contributed by atoms with Gasteiger partial charge in [0.15, 0.2) is 13.6 Å². The lowest BCUT2D eigenvalue weighted by Gasteiger charge is -2.07. The Bertz CT molecular complexity index is 1140. The van der Waals surface area contributed by atoms with Crippen molar-refractivity contribution in [3.8, 4) is 11.5 Å². The normalized spacial score (nSPS) is 10.6. The number of anilines is 2. The highest BCUT2D eigenvalue weighted by molar-refractivity contribution is 6.51. The van der Waals surface area contributed by atoms with Gasteiger partial charge in [-0.25, -0.2) is 4.98 Å². The molecule has 0 saturated heterocycles. The Morgan fingerprint density at radius 1 is 1.07 bits per heavy atom. The van der Waals surface area contributed by atoms with Crippen LogP contribution in [0.25, 0.3) is 11.0 Å². The molecule has 0 radical (unpaired) electrons. The van der Waals surface area contributed by atoms with Crippen molar-refractivity contribution in [2.75, 3.05) is 5.32 Å². The number of aromatic nitrogens is 3. The maximum Gasteiger partial charge on any atom is 0.208 e. The molecule has 0 aliphatic rings. The molecule has 6 nitrogen and oxygen atoms in total. The van der Waals surface area contributed by atoms with Gasteiger partial charge < -0.3 is 14.6 Å². The Balaban J connectivity index is 1.60. The summed E-state index contributed by atoms with van der Waals surface area (Å²) in [5, 5.41) is 3.36. The van der Waals surface area contributed by atoms with E-state index in [2.05, 4.69) is 46.4 Å². The third kappa shape index (κ3) is 3.60. The minimum Gasteiger partial charge on any atom is -0.457 e. The molecule has 2 heterocycles. The van der Waals surface area contributed by atoms with E-state index in [1.54, 1.807) is 18.3 Å². The van der Waals surface area contributed by atoms with Crippen LogP contribution in [0.1, 0.15) is 10.5 Å². The molecule has 138 valence electrons. The Hall–Kier alpha value is -3.61. The number of rotatable bonds is 6. The molecule has 0 unspecified atom stereocenters. The summed E-state index contributed by atoms with van der Waals surface area (Å²) in [5.74, 6) is 1.96. The second-order valence-corrected chi connectivity index (χ2v) is 6.46. The van der Waals surface area contributed by atoms with Gasteiger partial charge in [-0.1, -0.05) is 24.4 Å². The van der Waals surface area contributed by atoms with Crippen molar-refractivity contribution in [3.63, 3.8) is 0 Å².